The Labute approximate surface area is 104 Å². The fraction of sp³-hybridized carbons (Fsp3) is 0.182. The summed E-state index contributed by atoms with van der Waals surface area (Å²) in [6.45, 7) is 2.51. The highest BCUT2D eigenvalue weighted by Gasteiger charge is 2.02. The Balaban J connectivity index is 2.27. The van der Waals surface area contributed by atoms with Gasteiger partial charge in [-0.2, -0.15) is 10.1 Å². The monoisotopic (exact) mass is 250 g/mol. The van der Waals surface area contributed by atoms with Crippen LogP contribution in [-0.4, -0.2) is 28.0 Å². The lowest BCUT2D eigenvalue weighted by Gasteiger charge is -2.06. The molecule has 0 amide bonds. The summed E-state index contributed by atoms with van der Waals surface area (Å²) in [6.07, 6.45) is 3.03. The minimum Gasteiger partial charge on any atom is -0.493 e. The molecule has 0 radical (unpaired) electrons. The summed E-state index contributed by atoms with van der Waals surface area (Å²) < 4.78 is 5.47. The molecular weight excluding hydrogens is 240 g/mol. The largest absolute Gasteiger partial charge is 0.493 e. The van der Waals surface area contributed by atoms with E-state index in [9.17, 15) is 0 Å². The normalized spacial score (nSPS) is 10.9. The second-order valence-corrected chi connectivity index (χ2v) is 3.62. The third kappa shape index (κ3) is 3.04. The van der Waals surface area contributed by atoms with Crippen molar-refractivity contribution in [2.75, 3.05) is 6.61 Å². The van der Waals surface area contributed by atoms with E-state index in [0.29, 0.717) is 17.6 Å². The van der Waals surface area contributed by atoms with Gasteiger partial charge in [-0.15, -0.1) is 0 Å². The Morgan fingerprint density at radius 3 is 3.12 bits per heavy atom. The third-order valence-corrected chi connectivity index (χ3v) is 2.23. The molecular formula is C11H11ClN4O. The van der Waals surface area contributed by atoms with E-state index in [-0.39, 0.29) is 0 Å². The predicted octanol–water partition coefficient (Wildman–Crippen LogP) is 2.61. The number of aliphatic imine (C=N–C) groups is 1. The van der Waals surface area contributed by atoms with Crippen LogP contribution in [-0.2, 0) is 0 Å². The van der Waals surface area contributed by atoms with Crippen molar-refractivity contribution in [3.05, 3.63) is 35.1 Å². The number of ether oxygens (including phenoxy) is 1. The predicted molar refractivity (Wildman–Crippen MR) is 66.3 cm³/mol. The molecule has 0 unspecified atom stereocenters. The van der Waals surface area contributed by atoms with E-state index in [2.05, 4.69) is 20.2 Å². The Bertz CT molecular complexity index is 510. The first-order valence-electron chi connectivity index (χ1n) is 5.11. The second kappa shape index (κ2) is 5.45. The number of nitrogens with zero attached hydrogens (tertiary/aromatic N) is 3. The Hall–Kier alpha value is -1.88. The van der Waals surface area contributed by atoms with Gasteiger partial charge < -0.3 is 4.74 Å². The smallest absolute Gasteiger partial charge is 0.245 e. The minimum atomic E-state index is 0.437. The maximum absolute atomic E-state index is 5.92. The maximum atomic E-state index is 5.92. The van der Waals surface area contributed by atoms with E-state index < -0.39 is 0 Å². The highest BCUT2D eigenvalue weighted by molar-refractivity contribution is 6.30. The molecule has 17 heavy (non-hydrogen) atoms. The summed E-state index contributed by atoms with van der Waals surface area (Å²) in [5, 5.41) is 6.98. The quantitative estimate of drug-likeness (QED) is 0.849. The number of halogens is 1. The van der Waals surface area contributed by atoms with E-state index in [1.54, 1.807) is 18.3 Å². The van der Waals surface area contributed by atoms with Crippen molar-refractivity contribution >= 4 is 23.8 Å². The average Bonchev–Trinajstić information content (AvgIpc) is 2.82. The zero-order valence-corrected chi connectivity index (χ0v) is 9.98. The summed E-state index contributed by atoms with van der Waals surface area (Å²) in [4.78, 5) is 8.02. The van der Waals surface area contributed by atoms with Gasteiger partial charge in [-0.1, -0.05) is 11.6 Å². The van der Waals surface area contributed by atoms with Crippen molar-refractivity contribution in [3.63, 3.8) is 0 Å². The van der Waals surface area contributed by atoms with Crippen LogP contribution < -0.4 is 4.74 Å². The highest BCUT2D eigenvalue weighted by Crippen LogP contribution is 2.21. The van der Waals surface area contributed by atoms with E-state index in [4.69, 9.17) is 16.3 Å². The number of benzene rings is 1. The lowest BCUT2D eigenvalue weighted by atomic mass is 10.2. The Morgan fingerprint density at radius 1 is 1.53 bits per heavy atom. The van der Waals surface area contributed by atoms with Gasteiger partial charge in [0.1, 0.15) is 12.1 Å². The molecule has 0 saturated heterocycles. The minimum absolute atomic E-state index is 0.437. The fourth-order valence-corrected chi connectivity index (χ4v) is 1.48. The second-order valence-electron chi connectivity index (χ2n) is 3.18. The molecule has 2 rings (SSSR count). The van der Waals surface area contributed by atoms with Crippen LogP contribution in [0, 0.1) is 0 Å². The van der Waals surface area contributed by atoms with Crippen LogP contribution in [0.15, 0.2) is 29.5 Å². The van der Waals surface area contributed by atoms with Gasteiger partial charge in [0.15, 0.2) is 0 Å². The summed E-state index contributed by atoms with van der Waals surface area (Å²) in [5.74, 6) is 1.17. The van der Waals surface area contributed by atoms with Crippen LogP contribution in [0.4, 0.5) is 5.95 Å². The molecule has 0 atom stereocenters. The standard InChI is InChI=1S/C11H11ClN4O/c1-2-17-10-4-3-9(12)5-8(10)6-13-11-14-7-15-16-11/h3-7H,2H2,1H3,(H,14,15,16)/b13-6+. The topological polar surface area (TPSA) is 63.2 Å². The van der Waals surface area contributed by atoms with Gasteiger partial charge >= 0.3 is 0 Å². The van der Waals surface area contributed by atoms with Gasteiger partial charge in [0.05, 0.1) is 6.61 Å². The van der Waals surface area contributed by atoms with Crippen molar-refractivity contribution < 1.29 is 4.74 Å². The summed E-state index contributed by atoms with van der Waals surface area (Å²) in [7, 11) is 0. The molecule has 1 N–H and O–H groups in total. The van der Waals surface area contributed by atoms with Gasteiger partial charge in [0, 0.05) is 16.8 Å². The highest BCUT2D eigenvalue weighted by atomic mass is 35.5. The van der Waals surface area contributed by atoms with Crippen LogP contribution in [0.25, 0.3) is 0 Å². The summed E-state index contributed by atoms with van der Waals surface area (Å²) in [6, 6.07) is 5.37. The van der Waals surface area contributed by atoms with Crippen molar-refractivity contribution in [1.29, 1.82) is 0 Å². The number of nitrogens with one attached hydrogen (secondary N) is 1. The molecule has 0 spiro atoms. The van der Waals surface area contributed by atoms with Gasteiger partial charge in [0.2, 0.25) is 5.95 Å². The number of hydrogen-bond donors (Lipinski definition) is 1. The van der Waals surface area contributed by atoms with E-state index >= 15 is 0 Å². The van der Waals surface area contributed by atoms with Crippen molar-refractivity contribution in [2.45, 2.75) is 6.92 Å². The zero-order valence-electron chi connectivity index (χ0n) is 9.22. The Morgan fingerprint density at radius 2 is 2.41 bits per heavy atom. The first-order valence-corrected chi connectivity index (χ1v) is 5.49. The molecule has 0 saturated carbocycles. The third-order valence-electron chi connectivity index (χ3n) is 2.00. The first-order chi connectivity index (χ1) is 8.29. The van der Waals surface area contributed by atoms with E-state index in [1.807, 2.05) is 13.0 Å². The molecule has 1 heterocycles. The molecule has 88 valence electrons. The number of hydrogen-bond acceptors (Lipinski definition) is 4. The van der Waals surface area contributed by atoms with Gasteiger partial charge in [0.25, 0.3) is 0 Å². The molecule has 0 aliphatic rings. The fourth-order valence-electron chi connectivity index (χ4n) is 1.30. The van der Waals surface area contributed by atoms with Crippen LogP contribution in [0.2, 0.25) is 5.02 Å². The molecule has 1 aromatic heterocycles. The molecule has 1 aromatic carbocycles. The number of rotatable bonds is 4. The van der Waals surface area contributed by atoms with Gasteiger partial charge in [-0.25, -0.2) is 10.1 Å². The summed E-state index contributed by atoms with van der Waals surface area (Å²) >= 11 is 5.92. The van der Waals surface area contributed by atoms with Crippen LogP contribution >= 0.6 is 11.6 Å². The number of H-pyrrole nitrogens is 1. The Kier molecular flexibility index (Phi) is 3.72. The molecule has 0 aliphatic carbocycles. The zero-order chi connectivity index (χ0) is 12.1. The van der Waals surface area contributed by atoms with Crippen molar-refractivity contribution in [2.24, 2.45) is 4.99 Å². The summed E-state index contributed by atoms with van der Waals surface area (Å²) in [5.41, 5.74) is 0.802. The van der Waals surface area contributed by atoms with Crippen molar-refractivity contribution in [3.8, 4) is 5.75 Å². The lowest BCUT2D eigenvalue weighted by Crippen LogP contribution is -1.95. The number of aromatic amines is 1. The molecule has 0 bridgehead atoms. The molecule has 6 heteroatoms. The van der Waals surface area contributed by atoms with Crippen LogP contribution in [0.1, 0.15) is 12.5 Å². The SMILES string of the molecule is CCOc1ccc(Cl)cc1/C=N/c1ncn[nH]1. The first kappa shape index (κ1) is 11.6. The molecule has 2 aromatic rings. The van der Waals surface area contributed by atoms with Crippen molar-refractivity contribution in [1.82, 2.24) is 15.2 Å². The van der Waals surface area contributed by atoms with E-state index in [0.717, 1.165) is 11.3 Å². The van der Waals surface area contributed by atoms with Gasteiger partial charge in [-0.05, 0) is 25.1 Å². The maximum Gasteiger partial charge on any atom is 0.245 e. The van der Waals surface area contributed by atoms with Crippen LogP contribution in [0.3, 0.4) is 0 Å². The van der Waals surface area contributed by atoms with Gasteiger partial charge in [-0.3, -0.25) is 0 Å². The molecule has 0 aliphatic heterocycles. The molecule has 5 nitrogen and oxygen atoms in total. The molecule has 0 fully saturated rings. The van der Waals surface area contributed by atoms with E-state index in [1.165, 1.54) is 6.33 Å². The number of aromatic nitrogens is 3. The average molecular weight is 251 g/mol. The lowest BCUT2D eigenvalue weighted by molar-refractivity contribution is 0.340. The van der Waals surface area contributed by atoms with Crippen LogP contribution in [0.5, 0.6) is 5.75 Å².